The summed E-state index contributed by atoms with van der Waals surface area (Å²) in [5.41, 5.74) is 2.31. The summed E-state index contributed by atoms with van der Waals surface area (Å²) in [6.45, 7) is 3.93. The molecule has 14 heavy (non-hydrogen) atoms. The number of cyclic esters (lactones) is 1. The van der Waals surface area contributed by atoms with Crippen LogP contribution >= 0.6 is 0 Å². The fourth-order valence-electron chi connectivity index (χ4n) is 1.64. The van der Waals surface area contributed by atoms with E-state index >= 15 is 0 Å². The Kier molecular flexibility index (Phi) is 2.15. The third kappa shape index (κ3) is 1.58. The van der Waals surface area contributed by atoms with Gasteiger partial charge in [0.05, 0.1) is 6.04 Å². The smallest absolute Gasteiger partial charge is 0.408 e. The molecule has 3 nitrogen and oxygen atoms in total. The summed E-state index contributed by atoms with van der Waals surface area (Å²) in [5.74, 6) is 0. The van der Waals surface area contributed by atoms with Gasteiger partial charge in [-0.15, -0.1) is 0 Å². The summed E-state index contributed by atoms with van der Waals surface area (Å²) in [6, 6.07) is 8.10. The van der Waals surface area contributed by atoms with Crippen LogP contribution in [-0.4, -0.2) is 12.2 Å². The molecule has 0 radical (unpaired) electrons. The van der Waals surface area contributed by atoms with Gasteiger partial charge in [-0.3, -0.25) is 0 Å². The Bertz CT molecular complexity index is 345. The van der Waals surface area contributed by atoms with Gasteiger partial charge < -0.3 is 10.1 Å². The van der Waals surface area contributed by atoms with Crippen LogP contribution in [0.4, 0.5) is 4.79 Å². The molecular formula is C11H13NO2. The molecule has 3 heteroatoms. The van der Waals surface area contributed by atoms with Crippen LogP contribution in [0, 0.1) is 6.92 Å². The van der Waals surface area contributed by atoms with E-state index in [1.807, 2.05) is 38.1 Å². The molecule has 1 fully saturated rings. The third-order valence-electron chi connectivity index (χ3n) is 2.47. The molecule has 1 amide bonds. The summed E-state index contributed by atoms with van der Waals surface area (Å²) < 4.78 is 5.01. The number of rotatable bonds is 1. The highest BCUT2D eigenvalue weighted by molar-refractivity contribution is 5.70. The minimum atomic E-state index is -0.330. The summed E-state index contributed by atoms with van der Waals surface area (Å²) >= 11 is 0. The van der Waals surface area contributed by atoms with Crippen molar-refractivity contribution in [1.82, 2.24) is 5.32 Å². The van der Waals surface area contributed by atoms with Crippen LogP contribution < -0.4 is 5.32 Å². The highest BCUT2D eigenvalue weighted by Gasteiger charge is 2.31. The van der Waals surface area contributed by atoms with Crippen LogP contribution in [0.25, 0.3) is 0 Å². The number of nitrogens with one attached hydrogen (secondary N) is 1. The quantitative estimate of drug-likeness (QED) is 0.738. The predicted molar refractivity (Wildman–Crippen MR) is 53.0 cm³/mol. The van der Waals surface area contributed by atoms with E-state index in [9.17, 15) is 4.79 Å². The summed E-state index contributed by atoms with van der Waals surface area (Å²) in [5, 5.41) is 2.78. The van der Waals surface area contributed by atoms with E-state index in [2.05, 4.69) is 5.32 Å². The van der Waals surface area contributed by atoms with Crippen LogP contribution in [0.1, 0.15) is 24.1 Å². The molecule has 0 bridgehead atoms. The van der Waals surface area contributed by atoms with Gasteiger partial charge >= 0.3 is 6.09 Å². The molecule has 1 aliphatic heterocycles. The van der Waals surface area contributed by atoms with Gasteiger partial charge in [0.25, 0.3) is 0 Å². The van der Waals surface area contributed by atoms with Crippen molar-refractivity contribution in [2.45, 2.75) is 26.0 Å². The molecule has 1 aromatic rings. The molecule has 1 aromatic carbocycles. The van der Waals surface area contributed by atoms with Gasteiger partial charge in [-0.05, 0) is 19.4 Å². The maximum absolute atomic E-state index is 11.0. The SMILES string of the molecule is Cc1ccc([C@@H]2NC(=O)O[C@@H]2C)cc1. The monoisotopic (exact) mass is 191 g/mol. The lowest BCUT2D eigenvalue weighted by atomic mass is 10.0. The van der Waals surface area contributed by atoms with Gasteiger partial charge in [0.1, 0.15) is 6.10 Å². The fourth-order valence-corrected chi connectivity index (χ4v) is 1.64. The lowest BCUT2D eigenvalue weighted by molar-refractivity contribution is 0.141. The lowest BCUT2D eigenvalue weighted by Crippen LogP contribution is -2.20. The molecule has 0 saturated carbocycles. The minimum Gasteiger partial charge on any atom is -0.444 e. The first-order valence-corrected chi connectivity index (χ1v) is 4.70. The standard InChI is InChI=1S/C11H13NO2/c1-7-3-5-9(6-4-7)10-8(2)14-11(13)12-10/h3-6,8,10H,1-2H3,(H,12,13)/t8-,10-/m1/s1. The van der Waals surface area contributed by atoms with Crippen molar-refractivity contribution in [3.63, 3.8) is 0 Å². The third-order valence-corrected chi connectivity index (χ3v) is 2.47. The van der Waals surface area contributed by atoms with Crippen molar-refractivity contribution in [2.24, 2.45) is 0 Å². The molecule has 0 aliphatic carbocycles. The van der Waals surface area contributed by atoms with Gasteiger partial charge in [0.2, 0.25) is 0 Å². The normalized spacial score (nSPS) is 25.7. The minimum absolute atomic E-state index is 0.0110. The van der Waals surface area contributed by atoms with Crippen molar-refractivity contribution < 1.29 is 9.53 Å². The van der Waals surface area contributed by atoms with Crippen molar-refractivity contribution in [2.75, 3.05) is 0 Å². The Morgan fingerprint density at radius 3 is 2.43 bits per heavy atom. The second kappa shape index (κ2) is 3.33. The molecule has 1 aliphatic rings. The number of ether oxygens (including phenoxy) is 1. The van der Waals surface area contributed by atoms with E-state index in [-0.39, 0.29) is 18.2 Å². The van der Waals surface area contributed by atoms with Crippen LogP contribution in [0.15, 0.2) is 24.3 Å². The van der Waals surface area contributed by atoms with E-state index in [1.165, 1.54) is 5.56 Å². The average molecular weight is 191 g/mol. The van der Waals surface area contributed by atoms with E-state index in [0.717, 1.165) is 5.56 Å². The summed E-state index contributed by atoms with van der Waals surface area (Å²) in [4.78, 5) is 11.0. The molecular weight excluding hydrogens is 178 g/mol. The zero-order valence-corrected chi connectivity index (χ0v) is 8.28. The Hall–Kier alpha value is -1.51. The molecule has 2 atom stereocenters. The van der Waals surface area contributed by atoms with E-state index < -0.39 is 0 Å². The molecule has 1 saturated heterocycles. The number of hydrogen-bond donors (Lipinski definition) is 1. The van der Waals surface area contributed by atoms with Crippen molar-refractivity contribution in [3.8, 4) is 0 Å². The second-order valence-corrected chi connectivity index (χ2v) is 3.64. The maximum Gasteiger partial charge on any atom is 0.408 e. The van der Waals surface area contributed by atoms with Gasteiger partial charge in [0, 0.05) is 0 Å². The zero-order chi connectivity index (χ0) is 10.1. The second-order valence-electron chi connectivity index (χ2n) is 3.64. The molecule has 1 heterocycles. The number of amides is 1. The maximum atomic E-state index is 11.0. The first-order chi connectivity index (χ1) is 6.66. The Morgan fingerprint density at radius 2 is 1.93 bits per heavy atom. The molecule has 74 valence electrons. The first-order valence-electron chi connectivity index (χ1n) is 4.70. The largest absolute Gasteiger partial charge is 0.444 e. The van der Waals surface area contributed by atoms with Gasteiger partial charge in [-0.2, -0.15) is 0 Å². The van der Waals surface area contributed by atoms with Crippen molar-refractivity contribution in [3.05, 3.63) is 35.4 Å². The van der Waals surface area contributed by atoms with Crippen molar-refractivity contribution in [1.29, 1.82) is 0 Å². The molecule has 0 unspecified atom stereocenters. The van der Waals surface area contributed by atoms with E-state index in [0.29, 0.717) is 0 Å². The van der Waals surface area contributed by atoms with E-state index in [4.69, 9.17) is 4.74 Å². The number of benzene rings is 1. The molecule has 1 N–H and O–H groups in total. The summed E-state index contributed by atoms with van der Waals surface area (Å²) in [7, 11) is 0. The number of aryl methyl sites for hydroxylation is 1. The zero-order valence-electron chi connectivity index (χ0n) is 8.28. The van der Waals surface area contributed by atoms with Gasteiger partial charge in [-0.1, -0.05) is 29.8 Å². The van der Waals surface area contributed by atoms with E-state index in [1.54, 1.807) is 0 Å². The molecule has 2 rings (SSSR count). The molecule has 0 aromatic heterocycles. The van der Waals surface area contributed by atoms with Crippen LogP contribution in [0.5, 0.6) is 0 Å². The Morgan fingerprint density at radius 1 is 1.29 bits per heavy atom. The molecule has 0 spiro atoms. The lowest BCUT2D eigenvalue weighted by Gasteiger charge is -2.12. The number of carbonyl (C=O) groups excluding carboxylic acids is 1. The van der Waals surface area contributed by atoms with Crippen LogP contribution in [0.2, 0.25) is 0 Å². The number of alkyl carbamates (subject to hydrolysis) is 1. The van der Waals surface area contributed by atoms with Crippen LogP contribution in [-0.2, 0) is 4.74 Å². The van der Waals surface area contributed by atoms with Gasteiger partial charge in [-0.25, -0.2) is 4.79 Å². The number of hydrogen-bond acceptors (Lipinski definition) is 2. The highest BCUT2D eigenvalue weighted by atomic mass is 16.6. The highest BCUT2D eigenvalue weighted by Crippen LogP contribution is 2.24. The Labute approximate surface area is 83.1 Å². The Balaban J connectivity index is 2.23. The van der Waals surface area contributed by atoms with Crippen LogP contribution in [0.3, 0.4) is 0 Å². The van der Waals surface area contributed by atoms with Gasteiger partial charge in [0.15, 0.2) is 0 Å². The predicted octanol–water partition coefficient (Wildman–Crippen LogP) is 2.16. The number of carbonyl (C=O) groups is 1. The fraction of sp³-hybridized carbons (Fsp3) is 0.364. The first kappa shape index (κ1) is 9.06. The average Bonchev–Trinajstić information content (AvgIpc) is 2.47. The summed E-state index contributed by atoms with van der Waals surface area (Å²) in [6.07, 6.45) is -0.423. The van der Waals surface area contributed by atoms with Crippen molar-refractivity contribution >= 4 is 6.09 Å². The topological polar surface area (TPSA) is 38.3 Å².